The molecule has 0 aromatic carbocycles. The van der Waals surface area contributed by atoms with Crippen LogP contribution in [0.3, 0.4) is 0 Å². The minimum Gasteiger partial charge on any atom is -0.400 e. The molecule has 7 heteroatoms. The van der Waals surface area contributed by atoms with E-state index in [9.17, 15) is 4.79 Å². The van der Waals surface area contributed by atoms with Gasteiger partial charge in [-0.1, -0.05) is 0 Å². The van der Waals surface area contributed by atoms with Crippen molar-refractivity contribution in [3.05, 3.63) is 23.7 Å². The van der Waals surface area contributed by atoms with Crippen LogP contribution < -0.4 is 5.32 Å². The molecule has 114 valence electrons. The second-order valence-corrected chi connectivity index (χ2v) is 6.19. The third-order valence-electron chi connectivity index (χ3n) is 3.94. The molecule has 1 saturated heterocycles. The lowest BCUT2D eigenvalue weighted by molar-refractivity contribution is -0.118. The van der Waals surface area contributed by atoms with E-state index in [1.165, 1.54) is 6.92 Å². The third-order valence-corrected chi connectivity index (χ3v) is 3.94. The van der Waals surface area contributed by atoms with E-state index in [4.69, 9.17) is 9.31 Å². The average Bonchev–Trinajstić information content (AvgIpc) is 2.91. The highest BCUT2D eigenvalue weighted by molar-refractivity contribution is 6.55. The van der Waals surface area contributed by atoms with Crippen molar-refractivity contribution in [2.24, 2.45) is 0 Å². The van der Waals surface area contributed by atoms with Crippen molar-refractivity contribution in [2.45, 2.75) is 45.8 Å². The molecule has 0 aliphatic carbocycles. The van der Waals surface area contributed by atoms with Gasteiger partial charge in [0.15, 0.2) is 0 Å². The molecule has 0 atom stereocenters. The zero-order chi connectivity index (χ0) is 15.7. The van der Waals surface area contributed by atoms with Gasteiger partial charge in [-0.3, -0.25) is 4.79 Å². The van der Waals surface area contributed by atoms with Crippen molar-refractivity contribution in [1.82, 2.24) is 15.3 Å². The second kappa shape index (κ2) is 5.65. The van der Waals surface area contributed by atoms with E-state index in [0.717, 1.165) is 5.47 Å². The maximum Gasteiger partial charge on any atom is 0.492 e. The number of carbonyl (C=O) groups excluding carboxylic acids is 1. The lowest BCUT2D eigenvalue weighted by Crippen LogP contribution is -2.41. The molecule has 0 spiro atoms. The lowest BCUT2D eigenvalue weighted by Gasteiger charge is -2.32. The molecule has 2 rings (SSSR count). The third kappa shape index (κ3) is 3.54. The lowest BCUT2D eigenvalue weighted by atomic mass is 9.77. The largest absolute Gasteiger partial charge is 0.492 e. The van der Waals surface area contributed by atoms with Gasteiger partial charge in [0.1, 0.15) is 5.82 Å². The maximum absolute atomic E-state index is 11.2. The van der Waals surface area contributed by atoms with Crippen LogP contribution in [0.25, 0.3) is 6.08 Å². The fraction of sp³-hybridized carbons (Fsp3) is 0.571. The van der Waals surface area contributed by atoms with Crippen molar-refractivity contribution >= 4 is 19.1 Å². The fourth-order valence-electron chi connectivity index (χ4n) is 1.96. The molecule has 0 unspecified atom stereocenters. The van der Waals surface area contributed by atoms with Gasteiger partial charge in [0.05, 0.1) is 11.2 Å². The van der Waals surface area contributed by atoms with Crippen molar-refractivity contribution in [1.29, 1.82) is 0 Å². The minimum atomic E-state index is -0.507. The summed E-state index contributed by atoms with van der Waals surface area (Å²) in [5.74, 6) is 0.599. The van der Waals surface area contributed by atoms with E-state index < -0.39 is 18.3 Å². The summed E-state index contributed by atoms with van der Waals surface area (Å²) in [4.78, 5) is 18.4. The first-order chi connectivity index (χ1) is 9.71. The first-order valence-corrected chi connectivity index (χ1v) is 7.01. The number of aromatic amines is 1. The Balaban J connectivity index is 2.22. The number of aromatic nitrogens is 2. The van der Waals surface area contributed by atoms with Crippen molar-refractivity contribution in [2.75, 3.05) is 6.54 Å². The highest BCUT2D eigenvalue weighted by Gasteiger charge is 2.52. The predicted molar refractivity (Wildman–Crippen MR) is 81.3 cm³/mol. The van der Waals surface area contributed by atoms with E-state index in [1.54, 1.807) is 12.4 Å². The van der Waals surface area contributed by atoms with Crippen molar-refractivity contribution < 1.29 is 14.1 Å². The summed E-state index contributed by atoms with van der Waals surface area (Å²) in [7, 11) is -0.507. The van der Waals surface area contributed by atoms with Gasteiger partial charge in [0.25, 0.3) is 0 Å². The van der Waals surface area contributed by atoms with Gasteiger partial charge in [-0.05, 0) is 39.2 Å². The van der Waals surface area contributed by atoms with Crippen LogP contribution in [-0.4, -0.2) is 40.7 Å². The predicted octanol–water partition coefficient (Wildman–Crippen LogP) is 1.56. The number of hydrogen-bond donors (Lipinski definition) is 2. The second-order valence-electron chi connectivity index (χ2n) is 6.19. The minimum absolute atomic E-state index is 0.100. The van der Waals surface area contributed by atoms with Gasteiger partial charge >= 0.3 is 7.12 Å². The summed E-state index contributed by atoms with van der Waals surface area (Å²) in [5, 5.41) is 2.78. The van der Waals surface area contributed by atoms with Gasteiger partial charge < -0.3 is 19.6 Å². The zero-order valence-corrected chi connectivity index (χ0v) is 13.2. The van der Waals surface area contributed by atoms with E-state index in [-0.39, 0.29) is 5.91 Å². The van der Waals surface area contributed by atoms with Gasteiger partial charge in [-0.25, -0.2) is 4.98 Å². The Morgan fingerprint density at radius 3 is 2.48 bits per heavy atom. The van der Waals surface area contributed by atoms with E-state index in [0.29, 0.717) is 12.4 Å². The molecular weight excluding hydrogens is 269 g/mol. The number of nitrogens with one attached hydrogen (secondary N) is 2. The SMILES string of the molecule is CC(=O)NCC(=Cc1ncc[nH]1)B1OC(C)(C)C(C)(C)O1. The number of rotatable bonds is 4. The molecule has 0 saturated carbocycles. The topological polar surface area (TPSA) is 76.2 Å². The molecular formula is C14H22BN3O3. The normalized spacial score (nSPS) is 20.6. The Morgan fingerprint density at radius 2 is 2.00 bits per heavy atom. The Morgan fingerprint density at radius 1 is 1.38 bits per heavy atom. The highest BCUT2D eigenvalue weighted by atomic mass is 16.7. The quantitative estimate of drug-likeness (QED) is 0.825. The summed E-state index contributed by atoms with van der Waals surface area (Å²) >= 11 is 0. The highest BCUT2D eigenvalue weighted by Crippen LogP contribution is 2.38. The Kier molecular flexibility index (Phi) is 4.25. The smallest absolute Gasteiger partial charge is 0.400 e. The summed E-state index contributed by atoms with van der Waals surface area (Å²) in [6.07, 6.45) is 5.26. The number of nitrogens with zero attached hydrogens (tertiary/aromatic N) is 1. The van der Waals surface area contributed by atoms with E-state index in [1.807, 2.05) is 33.8 Å². The number of amides is 1. The average molecular weight is 291 g/mol. The van der Waals surface area contributed by atoms with Crippen LogP contribution in [0.5, 0.6) is 0 Å². The molecule has 1 amide bonds. The molecule has 6 nitrogen and oxygen atoms in total. The molecule has 2 heterocycles. The van der Waals surface area contributed by atoms with Crippen molar-refractivity contribution in [3.8, 4) is 0 Å². The van der Waals surface area contributed by atoms with Crippen LogP contribution in [0.15, 0.2) is 17.9 Å². The van der Waals surface area contributed by atoms with Gasteiger partial charge in [-0.15, -0.1) is 0 Å². The first-order valence-electron chi connectivity index (χ1n) is 7.01. The van der Waals surface area contributed by atoms with Crippen LogP contribution in [-0.2, 0) is 14.1 Å². The van der Waals surface area contributed by atoms with Crippen LogP contribution in [0.4, 0.5) is 0 Å². The van der Waals surface area contributed by atoms with Crippen LogP contribution >= 0.6 is 0 Å². The summed E-state index contributed by atoms with van der Waals surface area (Å²) in [5.41, 5.74) is -0.0227. The molecule has 1 fully saturated rings. The number of imidazole rings is 1. The van der Waals surface area contributed by atoms with Gasteiger partial charge in [-0.2, -0.15) is 0 Å². The van der Waals surface area contributed by atoms with Gasteiger partial charge in [0.2, 0.25) is 5.91 Å². The summed E-state index contributed by atoms with van der Waals surface area (Å²) < 4.78 is 12.0. The van der Waals surface area contributed by atoms with E-state index in [2.05, 4.69) is 15.3 Å². The number of hydrogen-bond acceptors (Lipinski definition) is 4. The van der Waals surface area contributed by atoms with Crippen molar-refractivity contribution in [3.63, 3.8) is 0 Å². The molecule has 2 N–H and O–H groups in total. The monoisotopic (exact) mass is 291 g/mol. The molecule has 1 aliphatic rings. The van der Waals surface area contributed by atoms with Gasteiger partial charge in [0, 0.05) is 25.9 Å². The molecule has 0 bridgehead atoms. The fourth-order valence-corrected chi connectivity index (χ4v) is 1.96. The van der Waals surface area contributed by atoms with Crippen LogP contribution in [0, 0.1) is 0 Å². The standard InChI is InChI=1S/C14H22BN3O3/c1-10(19)18-9-11(8-12-16-6-7-17-12)15-20-13(2,3)14(4,5)21-15/h6-8H,9H2,1-5H3,(H,16,17)(H,18,19). The molecule has 1 aliphatic heterocycles. The zero-order valence-electron chi connectivity index (χ0n) is 13.2. The Bertz CT molecular complexity index is 522. The number of H-pyrrole nitrogens is 1. The molecule has 21 heavy (non-hydrogen) atoms. The van der Waals surface area contributed by atoms with E-state index >= 15 is 0 Å². The molecule has 1 aromatic heterocycles. The van der Waals surface area contributed by atoms with Crippen LogP contribution in [0.1, 0.15) is 40.4 Å². The summed E-state index contributed by atoms with van der Waals surface area (Å²) in [6.45, 7) is 9.82. The first kappa shape index (κ1) is 15.8. The molecule has 0 radical (unpaired) electrons. The maximum atomic E-state index is 11.2. The Hall–Kier alpha value is -1.60. The number of carbonyl (C=O) groups is 1. The molecule has 1 aromatic rings. The Labute approximate surface area is 125 Å². The summed E-state index contributed by atoms with van der Waals surface area (Å²) in [6, 6.07) is 0. The van der Waals surface area contributed by atoms with Crippen LogP contribution in [0.2, 0.25) is 0 Å².